The number of likely N-dealkylation sites (N-methyl/N-ethyl adjacent to an activating group) is 1. The SMILES string of the molecule is CCN(CC)CCN(C(=O)CCS(=O)(=O)c1ccc(C)cc1)c1nc2ccc(F)cc2s1. The number of amides is 1. The lowest BCUT2D eigenvalue weighted by atomic mass is 10.2. The molecular formula is C23H28FN3O3S2. The van der Waals surface area contributed by atoms with Crippen molar-refractivity contribution in [2.75, 3.05) is 36.8 Å². The van der Waals surface area contributed by atoms with Gasteiger partial charge in [0, 0.05) is 19.5 Å². The van der Waals surface area contributed by atoms with Crippen LogP contribution < -0.4 is 4.90 Å². The standard InChI is InChI=1S/C23H28FN3O3S2/c1-4-26(5-2)13-14-27(23-25-20-11-8-18(24)16-21(20)31-23)22(28)12-15-32(29,30)19-9-6-17(3)7-10-19/h6-11,16H,4-5,12-15H2,1-3H3. The first-order chi connectivity index (χ1) is 15.2. The molecule has 172 valence electrons. The van der Waals surface area contributed by atoms with Crippen LogP contribution in [0.5, 0.6) is 0 Å². The number of anilines is 1. The van der Waals surface area contributed by atoms with Crippen molar-refractivity contribution in [3.05, 3.63) is 53.8 Å². The van der Waals surface area contributed by atoms with Gasteiger partial charge in [0.15, 0.2) is 15.0 Å². The Kier molecular flexibility index (Phi) is 7.97. The van der Waals surface area contributed by atoms with Gasteiger partial charge < -0.3 is 4.90 Å². The highest BCUT2D eigenvalue weighted by Gasteiger charge is 2.23. The number of rotatable bonds is 10. The van der Waals surface area contributed by atoms with Crippen LogP contribution >= 0.6 is 11.3 Å². The third kappa shape index (κ3) is 5.90. The van der Waals surface area contributed by atoms with Crippen LogP contribution in [0, 0.1) is 12.7 Å². The minimum absolute atomic E-state index is 0.154. The highest BCUT2D eigenvalue weighted by atomic mass is 32.2. The van der Waals surface area contributed by atoms with Gasteiger partial charge in [-0.1, -0.05) is 42.9 Å². The first-order valence-electron chi connectivity index (χ1n) is 10.6. The van der Waals surface area contributed by atoms with Gasteiger partial charge in [-0.05, 0) is 50.3 Å². The number of nitrogens with zero attached hydrogens (tertiary/aromatic N) is 3. The normalized spacial score (nSPS) is 11.9. The molecule has 6 nitrogen and oxygen atoms in total. The van der Waals surface area contributed by atoms with Crippen molar-refractivity contribution >= 4 is 42.4 Å². The molecule has 3 rings (SSSR count). The average molecular weight is 478 g/mol. The predicted molar refractivity (Wildman–Crippen MR) is 128 cm³/mol. The molecule has 0 aliphatic heterocycles. The summed E-state index contributed by atoms with van der Waals surface area (Å²) in [6.45, 7) is 8.67. The second-order valence-electron chi connectivity index (χ2n) is 7.56. The molecule has 1 heterocycles. The molecule has 0 atom stereocenters. The van der Waals surface area contributed by atoms with E-state index in [1.54, 1.807) is 30.3 Å². The second-order valence-corrected chi connectivity index (χ2v) is 10.7. The number of carbonyl (C=O) groups excluding carboxylic acids is 1. The van der Waals surface area contributed by atoms with Crippen molar-refractivity contribution in [3.8, 4) is 0 Å². The number of carbonyl (C=O) groups is 1. The smallest absolute Gasteiger partial charge is 0.229 e. The Bertz CT molecular complexity index is 1170. The van der Waals surface area contributed by atoms with Crippen LogP contribution in [0.4, 0.5) is 9.52 Å². The predicted octanol–water partition coefficient (Wildman–Crippen LogP) is 4.28. The summed E-state index contributed by atoms with van der Waals surface area (Å²) in [5, 5.41) is 0.454. The van der Waals surface area contributed by atoms with Crippen molar-refractivity contribution < 1.29 is 17.6 Å². The fourth-order valence-corrected chi connectivity index (χ4v) is 5.59. The number of hydrogen-bond donors (Lipinski definition) is 0. The van der Waals surface area contributed by atoms with E-state index in [9.17, 15) is 17.6 Å². The van der Waals surface area contributed by atoms with Crippen molar-refractivity contribution in [3.63, 3.8) is 0 Å². The van der Waals surface area contributed by atoms with Gasteiger partial charge in [0.05, 0.1) is 20.9 Å². The lowest BCUT2D eigenvalue weighted by Crippen LogP contribution is -2.39. The first-order valence-corrected chi connectivity index (χ1v) is 13.1. The molecule has 9 heteroatoms. The van der Waals surface area contributed by atoms with E-state index in [0.29, 0.717) is 28.4 Å². The van der Waals surface area contributed by atoms with Crippen LogP contribution in [-0.2, 0) is 14.6 Å². The van der Waals surface area contributed by atoms with Gasteiger partial charge in [-0.2, -0.15) is 0 Å². The Labute approximate surface area is 192 Å². The highest BCUT2D eigenvalue weighted by molar-refractivity contribution is 7.91. The maximum Gasteiger partial charge on any atom is 0.229 e. The number of fused-ring (bicyclic) bond motifs is 1. The molecule has 0 bridgehead atoms. The van der Waals surface area contributed by atoms with Crippen LogP contribution in [0.3, 0.4) is 0 Å². The van der Waals surface area contributed by atoms with Gasteiger partial charge in [0.25, 0.3) is 0 Å². The third-order valence-corrected chi connectivity index (χ3v) is 8.14. The molecule has 0 spiro atoms. The zero-order chi connectivity index (χ0) is 23.3. The molecule has 3 aromatic rings. The molecule has 0 radical (unpaired) electrons. The lowest BCUT2D eigenvalue weighted by Gasteiger charge is -2.24. The fraction of sp³-hybridized carbons (Fsp3) is 0.391. The number of hydrogen-bond acceptors (Lipinski definition) is 6. The Morgan fingerprint density at radius 3 is 2.41 bits per heavy atom. The van der Waals surface area contributed by atoms with Crippen LogP contribution in [0.1, 0.15) is 25.8 Å². The largest absolute Gasteiger partial charge is 0.302 e. The van der Waals surface area contributed by atoms with E-state index >= 15 is 0 Å². The van der Waals surface area contributed by atoms with Crippen molar-refractivity contribution in [1.82, 2.24) is 9.88 Å². The molecule has 0 saturated carbocycles. The van der Waals surface area contributed by atoms with Gasteiger partial charge in [-0.25, -0.2) is 17.8 Å². The van der Waals surface area contributed by atoms with Crippen LogP contribution in [0.15, 0.2) is 47.4 Å². The molecule has 0 aliphatic rings. The highest BCUT2D eigenvalue weighted by Crippen LogP contribution is 2.30. The Morgan fingerprint density at radius 2 is 1.75 bits per heavy atom. The summed E-state index contributed by atoms with van der Waals surface area (Å²) >= 11 is 1.23. The summed E-state index contributed by atoms with van der Waals surface area (Å²) < 4.78 is 39.7. The molecule has 0 N–H and O–H groups in total. The maximum absolute atomic E-state index is 13.6. The lowest BCUT2D eigenvalue weighted by molar-refractivity contribution is -0.118. The van der Waals surface area contributed by atoms with Crippen LogP contribution in [0.25, 0.3) is 10.2 Å². The molecule has 0 saturated heterocycles. The van der Waals surface area contributed by atoms with E-state index in [2.05, 4.69) is 9.88 Å². The molecule has 0 fully saturated rings. The summed E-state index contributed by atoms with van der Waals surface area (Å²) in [5.74, 6) is -0.957. The molecule has 2 aromatic carbocycles. The summed E-state index contributed by atoms with van der Waals surface area (Å²) in [5.41, 5.74) is 1.58. The van der Waals surface area contributed by atoms with E-state index < -0.39 is 9.84 Å². The number of benzene rings is 2. The summed E-state index contributed by atoms with van der Waals surface area (Å²) in [6.07, 6.45) is -0.154. The van der Waals surface area contributed by atoms with Crippen molar-refractivity contribution in [2.24, 2.45) is 0 Å². The van der Waals surface area contributed by atoms with Crippen LogP contribution in [0.2, 0.25) is 0 Å². The van der Waals surface area contributed by atoms with E-state index in [1.165, 1.54) is 28.4 Å². The number of aromatic nitrogens is 1. The number of halogens is 1. The number of sulfone groups is 1. The van der Waals surface area contributed by atoms with Gasteiger partial charge in [-0.15, -0.1) is 0 Å². The zero-order valence-electron chi connectivity index (χ0n) is 18.5. The quantitative estimate of drug-likeness (QED) is 0.436. The molecule has 0 unspecified atom stereocenters. The topological polar surface area (TPSA) is 70.6 Å². The Balaban J connectivity index is 1.81. The van der Waals surface area contributed by atoms with Gasteiger partial charge >= 0.3 is 0 Å². The monoisotopic (exact) mass is 477 g/mol. The van der Waals surface area contributed by atoms with Gasteiger partial charge in [0.2, 0.25) is 5.91 Å². The van der Waals surface area contributed by atoms with Gasteiger partial charge in [0.1, 0.15) is 5.82 Å². The van der Waals surface area contributed by atoms with Gasteiger partial charge in [-0.3, -0.25) is 9.69 Å². The first kappa shape index (κ1) is 24.3. The molecule has 1 aromatic heterocycles. The third-order valence-electron chi connectivity index (χ3n) is 5.37. The summed E-state index contributed by atoms with van der Waals surface area (Å²) in [7, 11) is -3.58. The van der Waals surface area contributed by atoms with E-state index in [0.717, 1.165) is 18.7 Å². The van der Waals surface area contributed by atoms with Crippen LogP contribution in [-0.4, -0.2) is 56.1 Å². The maximum atomic E-state index is 13.6. The second kappa shape index (κ2) is 10.5. The summed E-state index contributed by atoms with van der Waals surface area (Å²) in [6, 6.07) is 10.9. The minimum Gasteiger partial charge on any atom is -0.302 e. The van der Waals surface area contributed by atoms with E-state index in [1.807, 2.05) is 20.8 Å². The Hall–Kier alpha value is -2.36. The molecule has 32 heavy (non-hydrogen) atoms. The minimum atomic E-state index is -3.58. The Morgan fingerprint density at radius 1 is 1.06 bits per heavy atom. The molecule has 0 aliphatic carbocycles. The number of aryl methyl sites for hydroxylation is 1. The zero-order valence-corrected chi connectivity index (χ0v) is 20.2. The number of thiazole rings is 1. The molecular weight excluding hydrogens is 449 g/mol. The summed E-state index contributed by atoms with van der Waals surface area (Å²) in [4.78, 5) is 21.6. The van der Waals surface area contributed by atoms with E-state index in [-0.39, 0.29) is 28.8 Å². The average Bonchev–Trinajstić information content (AvgIpc) is 3.18. The van der Waals surface area contributed by atoms with E-state index in [4.69, 9.17) is 0 Å². The molecule has 1 amide bonds. The van der Waals surface area contributed by atoms with Crippen molar-refractivity contribution in [1.29, 1.82) is 0 Å². The van der Waals surface area contributed by atoms with Crippen molar-refractivity contribution in [2.45, 2.75) is 32.1 Å². The fourth-order valence-electron chi connectivity index (χ4n) is 3.33.